The fourth-order valence-corrected chi connectivity index (χ4v) is 1.84. The van der Waals surface area contributed by atoms with Gasteiger partial charge in [-0.25, -0.2) is 0 Å². The van der Waals surface area contributed by atoms with Crippen molar-refractivity contribution < 1.29 is 14.4 Å². The molecule has 0 aromatic heterocycles. The van der Waals surface area contributed by atoms with E-state index in [4.69, 9.17) is 0 Å². The van der Waals surface area contributed by atoms with E-state index in [-0.39, 0.29) is 17.3 Å². The van der Waals surface area contributed by atoms with Crippen LogP contribution in [0.5, 0.6) is 0 Å². The van der Waals surface area contributed by atoms with Gasteiger partial charge in [-0.2, -0.15) is 0 Å². The Labute approximate surface area is 92.7 Å². The highest BCUT2D eigenvalue weighted by molar-refractivity contribution is 6.22. The van der Waals surface area contributed by atoms with E-state index in [0.717, 1.165) is 5.28 Å². The van der Waals surface area contributed by atoms with Gasteiger partial charge in [-0.05, 0) is 27.2 Å². The summed E-state index contributed by atoms with van der Waals surface area (Å²) < 4.78 is 0. The summed E-state index contributed by atoms with van der Waals surface area (Å²) in [5.41, 5.74) is -1.38. The predicted octanol–water partition coefficient (Wildman–Crippen LogP) is 1.11. The summed E-state index contributed by atoms with van der Waals surface area (Å²) >= 11 is 2.52. The Morgan fingerprint density at radius 2 is 1.36 bits per heavy atom. The van der Waals surface area contributed by atoms with Crippen LogP contribution in [0.3, 0.4) is 0 Å². The van der Waals surface area contributed by atoms with Crippen LogP contribution in [0.15, 0.2) is 0 Å². The van der Waals surface area contributed by atoms with Crippen LogP contribution in [-0.4, -0.2) is 33.6 Å². The fourth-order valence-electron chi connectivity index (χ4n) is 1.64. The zero-order valence-electron chi connectivity index (χ0n) is 8.92. The highest BCUT2D eigenvalue weighted by Gasteiger charge is 2.44. The molecule has 0 amide bonds. The maximum Gasteiger partial charge on any atom is 0.150 e. The quantitative estimate of drug-likeness (QED) is 0.487. The van der Waals surface area contributed by atoms with Gasteiger partial charge in [0.1, 0.15) is 21.7 Å². The standard InChI is InChI=1S/C10H15O3.Al/c1-5-6-10(7(2)11,8(3)12)9(4)13;/h1,5-6H2,2-4H3;. The van der Waals surface area contributed by atoms with E-state index in [0.29, 0.717) is 12.8 Å². The van der Waals surface area contributed by atoms with Gasteiger partial charge in [0.05, 0.1) is 0 Å². The van der Waals surface area contributed by atoms with Crippen LogP contribution in [-0.2, 0) is 14.4 Å². The Bertz CT molecular complexity index is 222. The molecule has 0 aliphatic heterocycles. The third kappa shape index (κ3) is 2.52. The molecular formula is C10H15AlO3. The van der Waals surface area contributed by atoms with Gasteiger partial charge in [0.15, 0.2) is 17.3 Å². The van der Waals surface area contributed by atoms with Crippen molar-refractivity contribution in [2.24, 2.45) is 5.41 Å². The van der Waals surface area contributed by atoms with Crippen molar-refractivity contribution in [3.05, 3.63) is 0 Å². The van der Waals surface area contributed by atoms with Crippen molar-refractivity contribution in [1.82, 2.24) is 0 Å². The minimum Gasteiger partial charge on any atom is -0.298 e. The molecule has 0 aromatic rings. The second kappa shape index (κ2) is 5.43. The van der Waals surface area contributed by atoms with E-state index in [1.807, 2.05) is 0 Å². The second-order valence-electron chi connectivity index (χ2n) is 3.47. The summed E-state index contributed by atoms with van der Waals surface area (Å²) in [5.74, 6) is -1.01. The monoisotopic (exact) mass is 210 g/mol. The van der Waals surface area contributed by atoms with Gasteiger partial charge >= 0.3 is 0 Å². The molecule has 0 bridgehead atoms. The van der Waals surface area contributed by atoms with Crippen molar-refractivity contribution in [2.45, 2.75) is 38.9 Å². The highest BCUT2D eigenvalue weighted by atomic mass is 27.0. The van der Waals surface area contributed by atoms with Gasteiger partial charge < -0.3 is 0 Å². The number of rotatable bonds is 6. The number of hydrogen-bond donors (Lipinski definition) is 0. The lowest BCUT2D eigenvalue weighted by molar-refractivity contribution is -0.146. The number of carbonyl (C=O) groups is 3. The maximum absolute atomic E-state index is 11.4. The van der Waals surface area contributed by atoms with Crippen LogP contribution in [0, 0.1) is 5.41 Å². The van der Waals surface area contributed by atoms with E-state index >= 15 is 0 Å². The van der Waals surface area contributed by atoms with Gasteiger partial charge in [-0.15, -0.1) is 5.28 Å². The third-order valence-corrected chi connectivity index (χ3v) is 2.97. The smallest absolute Gasteiger partial charge is 0.150 e. The minimum atomic E-state index is -1.38. The summed E-state index contributed by atoms with van der Waals surface area (Å²) in [6.45, 7) is 3.93. The molecular weight excluding hydrogens is 195 g/mol. The molecule has 0 spiro atoms. The molecule has 0 heterocycles. The van der Waals surface area contributed by atoms with E-state index in [1.54, 1.807) is 0 Å². The van der Waals surface area contributed by atoms with Gasteiger partial charge in [0.2, 0.25) is 0 Å². The van der Waals surface area contributed by atoms with E-state index in [1.165, 1.54) is 20.8 Å². The molecule has 0 N–H and O–H groups in total. The van der Waals surface area contributed by atoms with Crippen molar-refractivity contribution >= 4 is 33.6 Å². The Morgan fingerprint density at radius 3 is 1.57 bits per heavy atom. The highest BCUT2D eigenvalue weighted by Crippen LogP contribution is 2.28. The first-order valence-corrected chi connectivity index (χ1v) is 5.44. The zero-order chi connectivity index (χ0) is 11.4. The molecule has 3 nitrogen and oxygen atoms in total. The van der Waals surface area contributed by atoms with Crippen molar-refractivity contribution in [3.8, 4) is 0 Å². The molecule has 0 fully saturated rings. The van der Waals surface area contributed by atoms with E-state index < -0.39 is 5.41 Å². The Balaban J connectivity index is 5.06. The van der Waals surface area contributed by atoms with Crippen LogP contribution >= 0.6 is 0 Å². The molecule has 14 heavy (non-hydrogen) atoms. The van der Waals surface area contributed by atoms with E-state index in [9.17, 15) is 14.4 Å². The lowest BCUT2D eigenvalue weighted by Crippen LogP contribution is -2.42. The topological polar surface area (TPSA) is 51.2 Å². The van der Waals surface area contributed by atoms with Crippen molar-refractivity contribution in [2.75, 3.05) is 0 Å². The van der Waals surface area contributed by atoms with Crippen LogP contribution < -0.4 is 0 Å². The molecule has 0 aliphatic carbocycles. The van der Waals surface area contributed by atoms with Crippen LogP contribution in [0.25, 0.3) is 0 Å². The normalized spacial score (nSPS) is 11.1. The molecule has 4 heteroatoms. The molecule has 0 atom stereocenters. The van der Waals surface area contributed by atoms with Gasteiger partial charge in [-0.1, -0.05) is 6.42 Å². The number of ketones is 3. The first-order valence-electron chi connectivity index (χ1n) is 4.62. The van der Waals surface area contributed by atoms with Gasteiger partial charge in [-0.3, -0.25) is 14.4 Å². The largest absolute Gasteiger partial charge is 0.298 e. The summed E-state index contributed by atoms with van der Waals surface area (Å²) in [6.07, 6.45) is 1.01. The number of hydrogen-bond acceptors (Lipinski definition) is 3. The molecule has 0 saturated carbocycles. The Morgan fingerprint density at radius 1 is 1.00 bits per heavy atom. The van der Waals surface area contributed by atoms with Gasteiger partial charge in [0, 0.05) is 0 Å². The molecule has 2 radical (unpaired) electrons. The average Bonchev–Trinajstić information content (AvgIpc) is 2.03. The maximum atomic E-state index is 11.4. The average molecular weight is 210 g/mol. The number of carbonyl (C=O) groups excluding carboxylic acids is 3. The number of Topliss-reactive ketones (excluding diaryl/α,β-unsaturated/α-hetero) is 3. The van der Waals surface area contributed by atoms with E-state index in [2.05, 4.69) is 16.3 Å². The Hall–Kier alpha value is -0.458. The molecule has 0 aliphatic rings. The van der Waals surface area contributed by atoms with Crippen LogP contribution in [0.4, 0.5) is 0 Å². The van der Waals surface area contributed by atoms with Crippen LogP contribution in [0.1, 0.15) is 33.6 Å². The van der Waals surface area contributed by atoms with Crippen LogP contribution in [0.2, 0.25) is 5.28 Å². The SMILES string of the molecule is CC(=O)C(CC[CH2][Al])(C(C)=O)C(C)=O. The fraction of sp³-hybridized carbons (Fsp3) is 0.700. The second-order valence-corrected chi connectivity index (χ2v) is 4.04. The lowest BCUT2D eigenvalue weighted by atomic mass is 9.73. The summed E-state index contributed by atoms with van der Waals surface area (Å²) in [6, 6.07) is 0. The van der Waals surface area contributed by atoms with Gasteiger partial charge in [0.25, 0.3) is 0 Å². The zero-order valence-corrected chi connectivity index (χ0v) is 10.1. The first-order chi connectivity index (χ1) is 6.39. The molecule has 0 rings (SSSR count). The van der Waals surface area contributed by atoms with Crippen molar-refractivity contribution in [3.63, 3.8) is 0 Å². The summed E-state index contributed by atoms with van der Waals surface area (Å²) in [4.78, 5) is 34.2. The Kier molecular flexibility index (Phi) is 5.25. The summed E-state index contributed by atoms with van der Waals surface area (Å²) in [7, 11) is 0. The minimum absolute atomic E-state index is 0.330. The third-order valence-electron chi connectivity index (χ3n) is 2.56. The molecule has 76 valence electrons. The predicted molar refractivity (Wildman–Crippen MR) is 54.3 cm³/mol. The summed E-state index contributed by atoms with van der Waals surface area (Å²) in [5, 5.41) is 0.787. The lowest BCUT2D eigenvalue weighted by Gasteiger charge is -2.25. The first kappa shape index (κ1) is 13.5. The molecule has 0 saturated heterocycles. The molecule has 0 unspecified atom stereocenters. The van der Waals surface area contributed by atoms with Crippen molar-refractivity contribution in [1.29, 1.82) is 0 Å². The molecule has 0 aromatic carbocycles.